The molecule has 2 heterocycles. The number of benzene rings is 2. The number of carbonyl (C=O) groups is 2. The summed E-state index contributed by atoms with van der Waals surface area (Å²) in [5.41, 5.74) is 1.18. The second-order valence-corrected chi connectivity index (χ2v) is 8.37. The van der Waals surface area contributed by atoms with Gasteiger partial charge in [-0.2, -0.15) is 4.98 Å². The Hall–Kier alpha value is -2.90. The van der Waals surface area contributed by atoms with E-state index in [0.29, 0.717) is 58.8 Å². The number of esters is 1. The van der Waals surface area contributed by atoms with Gasteiger partial charge in [0, 0.05) is 31.5 Å². The van der Waals surface area contributed by atoms with E-state index in [2.05, 4.69) is 10.1 Å². The smallest absolute Gasteiger partial charge is 0.303 e. The predicted octanol–water partition coefficient (Wildman–Crippen LogP) is 5.05. The van der Waals surface area contributed by atoms with Crippen LogP contribution in [0.1, 0.15) is 43.2 Å². The van der Waals surface area contributed by atoms with E-state index in [1.807, 2.05) is 18.2 Å². The molecule has 1 saturated heterocycles. The third-order valence-electron chi connectivity index (χ3n) is 5.39. The molecular formula is C23H21Cl2N3O4. The zero-order chi connectivity index (χ0) is 22.7. The Labute approximate surface area is 195 Å². The van der Waals surface area contributed by atoms with Gasteiger partial charge in [-0.15, -0.1) is 0 Å². The van der Waals surface area contributed by atoms with E-state index < -0.39 is 12.1 Å². The number of hydrogen-bond acceptors (Lipinski definition) is 6. The molecule has 3 aromatic rings. The molecular weight excluding hydrogens is 453 g/mol. The van der Waals surface area contributed by atoms with Crippen molar-refractivity contribution in [2.45, 2.75) is 31.8 Å². The first-order chi connectivity index (χ1) is 15.4. The molecule has 0 aliphatic carbocycles. The Morgan fingerprint density at radius 1 is 1.06 bits per heavy atom. The molecule has 7 nitrogen and oxygen atoms in total. The summed E-state index contributed by atoms with van der Waals surface area (Å²) >= 11 is 12.5. The maximum Gasteiger partial charge on any atom is 0.303 e. The van der Waals surface area contributed by atoms with Gasteiger partial charge in [-0.25, -0.2) is 0 Å². The summed E-state index contributed by atoms with van der Waals surface area (Å²) in [6, 6.07) is 14.2. The number of likely N-dealkylation sites (tertiary alicyclic amines) is 1. The Bertz CT molecular complexity index is 1090. The molecule has 1 aromatic heterocycles. The minimum absolute atomic E-state index is 0.00506. The number of ether oxygens (including phenoxy) is 1. The van der Waals surface area contributed by atoms with Gasteiger partial charge in [-0.1, -0.05) is 64.8 Å². The van der Waals surface area contributed by atoms with E-state index in [4.69, 9.17) is 32.5 Å². The molecule has 2 aromatic carbocycles. The Kier molecular flexibility index (Phi) is 6.77. The topological polar surface area (TPSA) is 85.5 Å². The molecule has 9 heteroatoms. The van der Waals surface area contributed by atoms with Gasteiger partial charge >= 0.3 is 5.97 Å². The van der Waals surface area contributed by atoms with Crippen LogP contribution in [0.4, 0.5) is 0 Å². The first-order valence-corrected chi connectivity index (χ1v) is 11.0. The first kappa shape index (κ1) is 22.3. The molecule has 0 N–H and O–H groups in total. The van der Waals surface area contributed by atoms with Gasteiger partial charge in [-0.05, 0) is 25.0 Å². The number of hydrogen-bond donors (Lipinski definition) is 0. The van der Waals surface area contributed by atoms with Crippen molar-refractivity contribution in [3.8, 4) is 11.4 Å². The standard InChI is InChI=1S/C23H21Cl2N3O4/c1-14(29)31-20(15-6-3-2-4-7-15)23(30)28-12-10-16(11-13-28)22-26-21(27-32-22)19-17(24)8-5-9-18(19)25/h2-9,16,20H,10-13H2,1H3/t20-/m0/s1. The fraction of sp³-hybridized carbons (Fsp3) is 0.304. The number of rotatable bonds is 5. The average molecular weight is 474 g/mol. The van der Waals surface area contributed by atoms with Gasteiger partial charge in [0.2, 0.25) is 17.8 Å². The molecule has 32 heavy (non-hydrogen) atoms. The molecule has 0 bridgehead atoms. The number of aromatic nitrogens is 2. The second kappa shape index (κ2) is 9.71. The zero-order valence-electron chi connectivity index (χ0n) is 17.3. The maximum atomic E-state index is 13.1. The highest BCUT2D eigenvalue weighted by Gasteiger charge is 2.33. The summed E-state index contributed by atoms with van der Waals surface area (Å²) in [6.07, 6.45) is 0.332. The van der Waals surface area contributed by atoms with Crippen molar-refractivity contribution in [2.24, 2.45) is 0 Å². The summed E-state index contributed by atoms with van der Waals surface area (Å²) in [5.74, 6) is 0.0962. The minimum Gasteiger partial charge on any atom is -0.447 e. The highest BCUT2D eigenvalue weighted by Crippen LogP contribution is 2.35. The maximum absolute atomic E-state index is 13.1. The number of halogens is 2. The molecule has 0 spiro atoms. The van der Waals surface area contributed by atoms with Crippen LogP contribution in [0, 0.1) is 0 Å². The fourth-order valence-corrected chi connectivity index (χ4v) is 4.35. The Morgan fingerprint density at radius 2 is 1.72 bits per heavy atom. The van der Waals surface area contributed by atoms with Crippen molar-refractivity contribution in [2.75, 3.05) is 13.1 Å². The van der Waals surface area contributed by atoms with Crippen molar-refractivity contribution in [1.82, 2.24) is 15.0 Å². The third-order valence-corrected chi connectivity index (χ3v) is 6.02. The predicted molar refractivity (Wildman–Crippen MR) is 119 cm³/mol. The molecule has 4 rings (SSSR count). The van der Waals surface area contributed by atoms with Gasteiger partial charge < -0.3 is 14.2 Å². The van der Waals surface area contributed by atoms with Gasteiger partial charge in [0.25, 0.3) is 5.91 Å². The lowest BCUT2D eigenvalue weighted by Gasteiger charge is -2.32. The van der Waals surface area contributed by atoms with Crippen molar-refractivity contribution >= 4 is 35.1 Å². The van der Waals surface area contributed by atoms with Gasteiger partial charge in [0.05, 0.1) is 15.6 Å². The molecule has 1 aliphatic heterocycles. The van der Waals surface area contributed by atoms with Crippen molar-refractivity contribution in [1.29, 1.82) is 0 Å². The van der Waals surface area contributed by atoms with Gasteiger partial charge in [0.15, 0.2) is 0 Å². The number of nitrogens with zero attached hydrogens (tertiary/aromatic N) is 3. The minimum atomic E-state index is -0.956. The molecule has 1 amide bonds. The van der Waals surface area contributed by atoms with Gasteiger partial charge in [-0.3, -0.25) is 9.59 Å². The highest BCUT2D eigenvalue weighted by molar-refractivity contribution is 6.38. The Morgan fingerprint density at radius 3 is 2.34 bits per heavy atom. The van der Waals surface area contributed by atoms with E-state index >= 15 is 0 Å². The highest BCUT2D eigenvalue weighted by atomic mass is 35.5. The zero-order valence-corrected chi connectivity index (χ0v) is 18.8. The van der Waals surface area contributed by atoms with E-state index in [1.165, 1.54) is 6.92 Å². The molecule has 0 radical (unpaired) electrons. The van der Waals surface area contributed by atoms with Crippen LogP contribution in [-0.2, 0) is 14.3 Å². The molecule has 166 valence electrons. The van der Waals surface area contributed by atoms with Crippen molar-refractivity contribution < 1.29 is 18.8 Å². The largest absolute Gasteiger partial charge is 0.447 e. The van der Waals surface area contributed by atoms with E-state index in [-0.39, 0.29) is 11.8 Å². The van der Waals surface area contributed by atoms with Crippen LogP contribution in [0.3, 0.4) is 0 Å². The average Bonchev–Trinajstić information content (AvgIpc) is 3.27. The second-order valence-electron chi connectivity index (χ2n) is 7.55. The summed E-state index contributed by atoms with van der Waals surface area (Å²) in [7, 11) is 0. The Balaban J connectivity index is 1.44. The SMILES string of the molecule is CC(=O)O[C@H](C(=O)N1CCC(c2nc(-c3c(Cl)cccc3Cl)no2)CC1)c1ccccc1. The summed E-state index contributed by atoms with van der Waals surface area (Å²) < 4.78 is 10.8. The lowest BCUT2D eigenvalue weighted by molar-refractivity contribution is -0.159. The molecule has 1 aliphatic rings. The van der Waals surface area contributed by atoms with Crippen LogP contribution in [0.5, 0.6) is 0 Å². The normalized spacial score (nSPS) is 15.4. The monoisotopic (exact) mass is 473 g/mol. The summed E-state index contributed by atoms with van der Waals surface area (Å²) in [4.78, 5) is 30.9. The molecule has 1 atom stereocenters. The quantitative estimate of drug-likeness (QED) is 0.481. The summed E-state index contributed by atoms with van der Waals surface area (Å²) in [5, 5.41) is 4.94. The molecule has 1 fully saturated rings. The van der Waals surface area contributed by atoms with Crippen LogP contribution in [-0.4, -0.2) is 40.0 Å². The lowest BCUT2D eigenvalue weighted by Crippen LogP contribution is -2.41. The molecule has 0 saturated carbocycles. The third kappa shape index (κ3) is 4.79. The number of carbonyl (C=O) groups excluding carboxylic acids is 2. The summed E-state index contributed by atoms with van der Waals surface area (Å²) in [6.45, 7) is 2.27. The van der Waals surface area contributed by atoms with Crippen LogP contribution in [0.2, 0.25) is 10.0 Å². The van der Waals surface area contributed by atoms with Crippen molar-refractivity contribution in [3.63, 3.8) is 0 Å². The van der Waals surface area contributed by atoms with Crippen LogP contribution >= 0.6 is 23.2 Å². The van der Waals surface area contributed by atoms with E-state index in [0.717, 1.165) is 0 Å². The van der Waals surface area contributed by atoms with Gasteiger partial charge in [0.1, 0.15) is 0 Å². The molecule has 0 unspecified atom stereocenters. The fourth-order valence-electron chi connectivity index (χ4n) is 3.78. The van der Waals surface area contributed by atoms with E-state index in [1.54, 1.807) is 35.2 Å². The van der Waals surface area contributed by atoms with Crippen molar-refractivity contribution in [3.05, 3.63) is 70.0 Å². The first-order valence-electron chi connectivity index (χ1n) is 10.2. The number of amides is 1. The van der Waals surface area contributed by atoms with Crippen LogP contribution in [0.15, 0.2) is 53.1 Å². The van der Waals surface area contributed by atoms with E-state index in [9.17, 15) is 9.59 Å². The van der Waals surface area contributed by atoms with Crippen LogP contribution in [0.25, 0.3) is 11.4 Å². The lowest BCUT2D eigenvalue weighted by atomic mass is 9.96. The number of piperidine rings is 1. The van der Waals surface area contributed by atoms with Crippen LogP contribution < -0.4 is 0 Å².